The molecule has 0 amide bonds. The van der Waals surface area contributed by atoms with E-state index in [0.717, 1.165) is 34.3 Å². The maximum atomic E-state index is 11.9. The number of aromatic nitrogens is 3. The van der Waals surface area contributed by atoms with Crippen molar-refractivity contribution < 1.29 is 14.6 Å². The van der Waals surface area contributed by atoms with Gasteiger partial charge in [-0.25, -0.2) is 4.79 Å². The van der Waals surface area contributed by atoms with Crippen molar-refractivity contribution in [3.63, 3.8) is 0 Å². The molecule has 2 atom stereocenters. The van der Waals surface area contributed by atoms with Crippen LogP contribution in [-0.2, 0) is 17.1 Å². The van der Waals surface area contributed by atoms with Crippen LogP contribution >= 0.6 is 35.0 Å². The van der Waals surface area contributed by atoms with Gasteiger partial charge in [-0.1, -0.05) is 91.3 Å². The van der Waals surface area contributed by atoms with Crippen LogP contribution in [0.4, 0.5) is 0 Å². The maximum Gasteiger partial charge on any atom is 0.349 e. The van der Waals surface area contributed by atoms with Crippen LogP contribution in [0.1, 0.15) is 54.8 Å². The molecule has 9 heteroatoms. The molecule has 1 aromatic heterocycles. The van der Waals surface area contributed by atoms with Gasteiger partial charge in [0.1, 0.15) is 11.6 Å². The molecule has 0 aliphatic carbocycles. The molecule has 6 nitrogen and oxygen atoms in total. The van der Waals surface area contributed by atoms with Crippen LogP contribution in [0, 0.1) is 0 Å². The third-order valence-electron chi connectivity index (χ3n) is 6.01. The lowest BCUT2D eigenvalue weighted by molar-refractivity contribution is -0.145. The first-order valence-electron chi connectivity index (χ1n) is 11.9. The molecular formula is C28H27Cl2N3O3S. The molecule has 1 heterocycles. The van der Waals surface area contributed by atoms with E-state index < -0.39 is 12.1 Å². The van der Waals surface area contributed by atoms with Crippen LogP contribution in [0.5, 0.6) is 5.75 Å². The topological polar surface area (TPSA) is 77.2 Å². The van der Waals surface area contributed by atoms with Gasteiger partial charge in [0.25, 0.3) is 0 Å². The third-order valence-corrected chi connectivity index (χ3v) is 7.64. The van der Waals surface area contributed by atoms with Crippen molar-refractivity contribution in [2.45, 2.75) is 49.7 Å². The van der Waals surface area contributed by atoms with E-state index in [1.807, 2.05) is 36.4 Å². The summed E-state index contributed by atoms with van der Waals surface area (Å²) < 4.78 is 7.95. The maximum absolute atomic E-state index is 11.9. The standard InChI is InChI=1S/C28H27Cl2N3O3S/c1-3-18(2)26-31-32-28(37-17-20-8-12-21(29)13-9-20)33(26)16-19-10-14-22(15-11-19)36-25(27(34)35)23-6-4-5-7-24(23)30/h4-15,18,25H,3,16-17H2,1-2H3,(H,34,35). The van der Waals surface area contributed by atoms with E-state index in [1.165, 1.54) is 0 Å². The third kappa shape index (κ3) is 6.86. The second-order valence-electron chi connectivity index (χ2n) is 8.65. The van der Waals surface area contributed by atoms with Crippen molar-refractivity contribution in [1.82, 2.24) is 14.8 Å². The highest BCUT2D eigenvalue weighted by molar-refractivity contribution is 7.98. The Morgan fingerprint density at radius 2 is 1.68 bits per heavy atom. The molecule has 0 saturated heterocycles. The largest absolute Gasteiger partial charge is 0.478 e. The summed E-state index contributed by atoms with van der Waals surface area (Å²) in [5.74, 6) is 1.28. The molecule has 0 spiro atoms. The lowest BCUT2D eigenvalue weighted by Gasteiger charge is -2.17. The van der Waals surface area contributed by atoms with Crippen LogP contribution < -0.4 is 4.74 Å². The van der Waals surface area contributed by atoms with E-state index in [1.54, 1.807) is 48.2 Å². The van der Waals surface area contributed by atoms with E-state index in [-0.39, 0.29) is 5.92 Å². The molecule has 0 aliphatic heterocycles. The summed E-state index contributed by atoms with van der Waals surface area (Å²) in [7, 11) is 0. The zero-order valence-electron chi connectivity index (χ0n) is 20.5. The number of thioether (sulfide) groups is 1. The summed E-state index contributed by atoms with van der Waals surface area (Å²) in [5, 5.41) is 20.6. The fourth-order valence-corrected chi connectivity index (χ4v) is 5.02. The molecule has 4 aromatic rings. The smallest absolute Gasteiger partial charge is 0.349 e. The molecule has 3 aromatic carbocycles. The van der Waals surface area contributed by atoms with Gasteiger partial charge in [-0.15, -0.1) is 10.2 Å². The fraction of sp³-hybridized carbons (Fsp3) is 0.250. The number of ether oxygens (including phenoxy) is 1. The van der Waals surface area contributed by atoms with Gasteiger partial charge in [0.2, 0.25) is 6.10 Å². The Morgan fingerprint density at radius 3 is 2.32 bits per heavy atom. The second kappa shape index (κ2) is 12.5. The average molecular weight is 557 g/mol. The van der Waals surface area contributed by atoms with Crippen LogP contribution in [0.25, 0.3) is 0 Å². The van der Waals surface area contributed by atoms with E-state index in [4.69, 9.17) is 27.9 Å². The summed E-state index contributed by atoms with van der Waals surface area (Å²) in [6.07, 6.45) is -0.254. The van der Waals surface area contributed by atoms with Crippen molar-refractivity contribution in [3.8, 4) is 5.75 Å². The van der Waals surface area contributed by atoms with E-state index in [9.17, 15) is 9.90 Å². The molecule has 2 unspecified atom stereocenters. The highest BCUT2D eigenvalue weighted by Gasteiger charge is 2.24. The number of carboxylic acid groups (broad SMARTS) is 1. The Bertz CT molecular complexity index is 1340. The number of halogens is 2. The van der Waals surface area contributed by atoms with Gasteiger partial charge >= 0.3 is 5.97 Å². The van der Waals surface area contributed by atoms with Gasteiger partial charge in [-0.3, -0.25) is 0 Å². The van der Waals surface area contributed by atoms with E-state index in [2.05, 4.69) is 28.6 Å². The first-order valence-corrected chi connectivity index (χ1v) is 13.6. The number of benzene rings is 3. The van der Waals surface area contributed by atoms with Crippen molar-refractivity contribution in [1.29, 1.82) is 0 Å². The SMILES string of the molecule is CCC(C)c1nnc(SCc2ccc(Cl)cc2)n1Cc1ccc(OC(C(=O)O)c2ccccc2Cl)cc1. The summed E-state index contributed by atoms with van der Waals surface area (Å²) in [4.78, 5) is 11.9. The van der Waals surface area contributed by atoms with Crippen molar-refractivity contribution in [2.24, 2.45) is 0 Å². The van der Waals surface area contributed by atoms with Crippen molar-refractivity contribution in [2.75, 3.05) is 0 Å². The van der Waals surface area contributed by atoms with Crippen LogP contribution in [-0.4, -0.2) is 25.8 Å². The van der Waals surface area contributed by atoms with Gasteiger partial charge in [0, 0.05) is 27.3 Å². The highest BCUT2D eigenvalue weighted by Crippen LogP contribution is 2.30. The summed E-state index contributed by atoms with van der Waals surface area (Å²) in [6, 6.07) is 22.0. The van der Waals surface area contributed by atoms with Crippen molar-refractivity contribution >= 4 is 40.9 Å². The Kier molecular flexibility index (Phi) is 9.14. The quantitative estimate of drug-likeness (QED) is 0.191. The molecule has 0 bridgehead atoms. The number of rotatable bonds is 11. The lowest BCUT2D eigenvalue weighted by atomic mass is 10.1. The Labute approximate surface area is 230 Å². The molecule has 0 radical (unpaired) electrons. The van der Waals surface area contributed by atoms with E-state index >= 15 is 0 Å². The zero-order valence-corrected chi connectivity index (χ0v) is 22.8. The summed E-state index contributed by atoms with van der Waals surface area (Å²) in [6.45, 7) is 4.86. The number of aliphatic carboxylic acids is 1. The first kappa shape index (κ1) is 27.0. The number of hydrogen-bond donors (Lipinski definition) is 1. The fourth-order valence-electron chi connectivity index (χ4n) is 3.76. The molecular weight excluding hydrogens is 529 g/mol. The normalized spacial score (nSPS) is 12.8. The monoisotopic (exact) mass is 555 g/mol. The Morgan fingerprint density at radius 1 is 1.00 bits per heavy atom. The minimum absolute atomic E-state index is 0.256. The average Bonchev–Trinajstić information content (AvgIpc) is 3.30. The van der Waals surface area contributed by atoms with Gasteiger partial charge in [0.15, 0.2) is 5.16 Å². The Hall–Kier alpha value is -3.00. The number of hydrogen-bond acceptors (Lipinski definition) is 5. The summed E-state index contributed by atoms with van der Waals surface area (Å²) in [5.41, 5.74) is 2.59. The van der Waals surface area contributed by atoms with Crippen molar-refractivity contribution in [3.05, 3.63) is 105 Å². The number of nitrogens with zero attached hydrogens (tertiary/aromatic N) is 3. The molecule has 4 rings (SSSR count). The first-order chi connectivity index (χ1) is 17.9. The molecule has 0 fully saturated rings. The molecule has 0 aliphatic rings. The van der Waals surface area contributed by atoms with Crippen LogP contribution in [0.15, 0.2) is 78.0 Å². The highest BCUT2D eigenvalue weighted by atomic mass is 35.5. The Balaban J connectivity index is 1.52. The minimum atomic E-state index is -1.20. The minimum Gasteiger partial charge on any atom is -0.478 e. The number of carboxylic acids is 1. The van der Waals surface area contributed by atoms with E-state index in [0.29, 0.717) is 27.9 Å². The van der Waals surface area contributed by atoms with Gasteiger partial charge in [-0.05, 0) is 47.9 Å². The number of carbonyl (C=O) groups is 1. The van der Waals surface area contributed by atoms with Crippen LogP contribution in [0.2, 0.25) is 10.0 Å². The molecule has 37 heavy (non-hydrogen) atoms. The van der Waals surface area contributed by atoms with Crippen LogP contribution in [0.3, 0.4) is 0 Å². The summed E-state index contributed by atoms with van der Waals surface area (Å²) >= 11 is 13.9. The zero-order chi connectivity index (χ0) is 26.4. The molecule has 192 valence electrons. The predicted octanol–water partition coefficient (Wildman–Crippen LogP) is 7.64. The lowest BCUT2D eigenvalue weighted by Crippen LogP contribution is -2.18. The van der Waals surface area contributed by atoms with Gasteiger partial charge in [0.05, 0.1) is 6.54 Å². The molecule has 1 N–H and O–H groups in total. The predicted molar refractivity (Wildman–Crippen MR) is 148 cm³/mol. The van der Waals surface area contributed by atoms with Gasteiger partial charge in [-0.2, -0.15) is 0 Å². The molecule has 0 saturated carbocycles. The second-order valence-corrected chi connectivity index (χ2v) is 10.4. The van der Waals surface area contributed by atoms with Gasteiger partial charge < -0.3 is 14.4 Å².